The second kappa shape index (κ2) is 12.9. The van der Waals surface area contributed by atoms with Gasteiger partial charge in [-0.25, -0.2) is 12.8 Å². The van der Waals surface area contributed by atoms with Gasteiger partial charge in [-0.3, -0.25) is 13.9 Å². The van der Waals surface area contributed by atoms with E-state index in [1.807, 2.05) is 13.8 Å². The first-order valence-corrected chi connectivity index (χ1v) is 14.6. The van der Waals surface area contributed by atoms with Crippen molar-refractivity contribution in [3.05, 3.63) is 53.8 Å². The van der Waals surface area contributed by atoms with Crippen molar-refractivity contribution in [3.63, 3.8) is 0 Å². The lowest BCUT2D eigenvalue weighted by Gasteiger charge is -2.30. The normalized spacial score (nSPS) is 14.3. The van der Waals surface area contributed by atoms with Crippen molar-refractivity contribution in [2.75, 3.05) is 30.3 Å². The number of ether oxygens (including phenoxy) is 2. The molecule has 0 bridgehead atoms. The van der Waals surface area contributed by atoms with E-state index in [1.54, 1.807) is 37.3 Å². The lowest BCUT2D eigenvalue weighted by molar-refractivity contribution is -0.140. The summed E-state index contributed by atoms with van der Waals surface area (Å²) in [6.07, 6.45) is 2.08. The van der Waals surface area contributed by atoms with Gasteiger partial charge in [0.1, 0.15) is 25.1 Å². The molecular formula is C27H36FN3O6S. The number of fused-ring (bicyclic) bond motifs is 1. The van der Waals surface area contributed by atoms with Gasteiger partial charge in [0.05, 0.1) is 11.9 Å². The van der Waals surface area contributed by atoms with Gasteiger partial charge >= 0.3 is 0 Å². The molecule has 1 aliphatic rings. The molecule has 0 saturated heterocycles. The van der Waals surface area contributed by atoms with E-state index >= 15 is 0 Å². The van der Waals surface area contributed by atoms with Crippen LogP contribution in [0.5, 0.6) is 11.5 Å². The molecule has 1 heterocycles. The largest absolute Gasteiger partial charge is 0.486 e. The Kier molecular flexibility index (Phi) is 9.96. The number of rotatable bonds is 12. The summed E-state index contributed by atoms with van der Waals surface area (Å²) < 4.78 is 50.9. The lowest BCUT2D eigenvalue weighted by Crippen LogP contribution is -2.49. The Labute approximate surface area is 224 Å². The minimum Gasteiger partial charge on any atom is -0.486 e. The molecule has 3 rings (SSSR count). The number of carbonyl (C=O) groups is 2. The first kappa shape index (κ1) is 29.2. The predicted molar refractivity (Wildman–Crippen MR) is 143 cm³/mol. The third-order valence-electron chi connectivity index (χ3n) is 6.40. The highest BCUT2D eigenvalue weighted by atomic mass is 32.2. The van der Waals surface area contributed by atoms with Crippen LogP contribution in [0.25, 0.3) is 0 Å². The number of hydrogen-bond acceptors (Lipinski definition) is 6. The molecule has 0 spiro atoms. The first-order chi connectivity index (χ1) is 18.0. The number of sulfonamides is 1. The van der Waals surface area contributed by atoms with Crippen LogP contribution in [0.4, 0.5) is 10.1 Å². The Morgan fingerprint density at radius 2 is 1.71 bits per heavy atom. The average molecular weight is 550 g/mol. The third kappa shape index (κ3) is 7.83. The second-order valence-electron chi connectivity index (χ2n) is 9.41. The van der Waals surface area contributed by atoms with E-state index in [4.69, 9.17) is 9.47 Å². The third-order valence-corrected chi connectivity index (χ3v) is 7.59. The van der Waals surface area contributed by atoms with E-state index in [-0.39, 0.29) is 43.8 Å². The summed E-state index contributed by atoms with van der Waals surface area (Å²) in [4.78, 5) is 27.6. The highest BCUT2D eigenvalue weighted by molar-refractivity contribution is 7.92. The Morgan fingerprint density at radius 3 is 2.34 bits per heavy atom. The summed E-state index contributed by atoms with van der Waals surface area (Å²) in [5.41, 5.74) is 1.09. The number of halogens is 1. The highest BCUT2D eigenvalue weighted by Gasteiger charge is 2.27. The van der Waals surface area contributed by atoms with Crippen molar-refractivity contribution in [1.29, 1.82) is 0 Å². The quantitative estimate of drug-likeness (QED) is 0.435. The molecule has 1 aliphatic heterocycles. The molecule has 0 aliphatic carbocycles. The van der Waals surface area contributed by atoms with Crippen LogP contribution in [0.15, 0.2) is 42.5 Å². The molecule has 9 nitrogen and oxygen atoms in total. The number of nitrogens with one attached hydrogen (secondary N) is 1. The van der Waals surface area contributed by atoms with E-state index in [0.717, 1.165) is 12.7 Å². The van der Waals surface area contributed by atoms with E-state index in [2.05, 4.69) is 5.32 Å². The molecule has 0 aromatic heterocycles. The maximum atomic E-state index is 13.4. The summed E-state index contributed by atoms with van der Waals surface area (Å²) in [5.74, 6) is 0.0182. The maximum Gasteiger partial charge on any atom is 0.242 e. The number of anilines is 1. The summed E-state index contributed by atoms with van der Waals surface area (Å²) in [6.45, 7) is 6.45. The maximum absolute atomic E-state index is 13.4. The number of nitrogens with zero attached hydrogens (tertiary/aromatic N) is 2. The summed E-state index contributed by atoms with van der Waals surface area (Å²) in [6, 6.07) is 9.84. The van der Waals surface area contributed by atoms with Crippen molar-refractivity contribution >= 4 is 27.5 Å². The Balaban J connectivity index is 1.73. The van der Waals surface area contributed by atoms with Gasteiger partial charge in [0.2, 0.25) is 21.8 Å². The number of carbonyl (C=O) groups excluding carboxylic acids is 2. The molecule has 2 amide bonds. The fourth-order valence-corrected chi connectivity index (χ4v) is 4.98. The van der Waals surface area contributed by atoms with Crippen LogP contribution in [0.3, 0.4) is 0 Å². The number of hydrogen-bond donors (Lipinski definition) is 1. The Morgan fingerprint density at radius 1 is 1.05 bits per heavy atom. The van der Waals surface area contributed by atoms with Gasteiger partial charge < -0.3 is 19.7 Å². The molecule has 2 aromatic carbocycles. The van der Waals surface area contributed by atoms with Gasteiger partial charge in [-0.15, -0.1) is 0 Å². The smallest absolute Gasteiger partial charge is 0.242 e. The summed E-state index contributed by atoms with van der Waals surface area (Å²) >= 11 is 0. The SMILES string of the molecule is CC[C@H](C)NC(=O)[C@@H](C)N(Cc1ccc(F)cc1)C(=O)CCCN(c1ccc2c(c1)OCCO2)S(C)(=O)=O. The fourth-order valence-electron chi connectivity index (χ4n) is 4.03. The van der Waals surface area contributed by atoms with Crippen LogP contribution < -0.4 is 19.1 Å². The number of benzene rings is 2. The van der Waals surface area contributed by atoms with Crippen molar-refractivity contribution < 1.29 is 31.9 Å². The minimum atomic E-state index is -3.65. The Hall–Kier alpha value is -3.34. The molecule has 38 heavy (non-hydrogen) atoms. The molecule has 1 N–H and O–H groups in total. The molecule has 2 aromatic rings. The van der Waals surface area contributed by atoms with E-state index in [0.29, 0.717) is 36.0 Å². The predicted octanol–water partition coefficient (Wildman–Crippen LogP) is 3.48. The molecule has 0 saturated carbocycles. The first-order valence-electron chi connectivity index (χ1n) is 12.7. The zero-order valence-corrected chi connectivity index (χ0v) is 23.1. The van der Waals surface area contributed by atoms with Crippen LogP contribution in [0.2, 0.25) is 0 Å². The zero-order valence-electron chi connectivity index (χ0n) is 22.3. The average Bonchev–Trinajstić information content (AvgIpc) is 2.89. The van der Waals surface area contributed by atoms with Crippen LogP contribution in [-0.4, -0.2) is 63.2 Å². The summed E-state index contributed by atoms with van der Waals surface area (Å²) in [5, 5.41) is 2.90. The van der Waals surface area contributed by atoms with Crippen LogP contribution in [0, 0.1) is 5.82 Å². The zero-order chi connectivity index (χ0) is 27.9. The molecular weight excluding hydrogens is 513 g/mol. The van der Waals surface area contributed by atoms with Crippen molar-refractivity contribution in [2.24, 2.45) is 0 Å². The van der Waals surface area contributed by atoms with Crippen molar-refractivity contribution in [1.82, 2.24) is 10.2 Å². The van der Waals surface area contributed by atoms with E-state index in [9.17, 15) is 22.4 Å². The van der Waals surface area contributed by atoms with Crippen molar-refractivity contribution in [2.45, 2.75) is 58.7 Å². The lowest BCUT2D eigenvalue weighted by atomic mass is 10.1. The monoisotopic (exact) mass is 549 g/mol. The molecule has 2 atom stereocenters. The van der Waals surface area contributed by atoms with Gasteiger partial charge in [-0.1, -0.05) is 19.1 Å². The molecule has 0 fully saturated rings. The van der Waals surface area contributed by atoms with Crippen molar-refractivity contribution in [3.8, 4) is 11.5 Å². The standard InChI is InChI=1S/C27H36FN3O6S/c1-5-19(2)29-27(33)20(3)30(18-21-8-10-22(28)11-9-21)26(32)7-6-14-31(38(4,34)35)23-12-13-24-25(17-23)37-16-15-36-24/h8-13,17,19-20H,5-7,14-16,18H2,1-4H3,(H,29,33)/t19-,20+/m0/s1. The van der Waals surface area contributed by atoms with Gasteiger partial charge in [-0.2, -0.15) is 0 Å². The highest BCUT2D eigenvalue weighted by Crippen LogP contribution is 2.34. The summed E-state index contributed by atoms with van der Waals surface area (Å²) in [7, 11) is -3.65. The molecule has 0 unspecified atom stereocenters. The topological polar surface area (TPSA) is 105 Å². The molecule has 0 radical (unpaired) electrons. The van der Waals surface area contributed by atoms with Crippen LogP contribution in [0.1, 0.15) is 45.6 Å². The van der Waals surface area contributed by atoms with Gasteiger partial charge in [0.25, 0.3) is 0 Å². The van der Waals surface area contributed by atoms with Crippen LogP contribution in [-0.2, 0) is 26.2 Å². The van der Waals surface area contributed by atoms with Gasteiger partial charge in [-0.05, 0) is 56.5 Å². The fraction of sp³-hybridized carbons (Fsp3) is 0.481. The van der Waals surface area contributed by atoms with Crippen LogP contribution >= 0.6 is 0 Å². The molecule has 11 heteroatoms. The molecule has 208 valence electrons. The second-order valence-corrected chi connectivity index (χ2v) is 11.3. The number of amides is 2. The minimum absolute atomic E-state index is 0.0126. The van der Waals surface area contributed by atoms with Gasteiger partial charge in [0.15, 0.2) is 11.5 Å². The van der Waals surface area contributed by atoms with Gasteiger partial charge in [0, 0.05) is 31.6 Å². The van der Waals surface area contributed by atoms with E-state index in [1.165, 1.54) is 21.3 Å². The van der Waals surface area contributed by atoms with E-state index < -0.39 is 21.9 Å². The Bertz CT molecular complexity index is 1220.